The lowest BCUT2D eigenvalue weighted by Gasteiger charge is -2.44. The van der Waals surface area contributed by atoms with Gasteiger partial charge in [0.25, 0.3) is 5.91 Å². The summed E-state index contributed by atoms with van der Waals surface area (Å²) in [7, 11) is 0. The number of halogens is 1. The van der Waals surface area contributed by atoms with Crippen LogP contribution in [0.5, 0.6) is 0 Å². The molecule has 0 unspecified atom stereocenters. The third-order valence-electron chi connectivity index (χ3n) is 5.64. The van der Waals surface area contributed by atoms with Crippen molar-refractivity contribution in [2.45, 2.75) is 25.5 Å². The van der Waals surface area contributed by atoms with Crippen molar-refractivity contribution < 1.29 is 28.6 Å². The first-order valence-electron chi connectivity index (χ1n) is 10.6. The molecule has 2 aliphatic rings. The third kappa shape index (κ3) is 5.04. The number of hydrogen-bond acceptors (Lipinski definition) is 4. The molecule has 2 aliphatic heterocycles. The molecule has 0 bridgehead atoms. The molecule has 1 N–H and O–H groups in total. The van der Waals surface area contributed by atoms with E-state index in [0.29, 0.717) is 12.0 Å². The summed E-state index contributed by atoms with van der Waals surface area (Å²) in [6.07, 6.45) is 0.532. The summed E-state index contributed by atoms with van der Waals surface area (Å²) in [4.78, 5) is 41.5. The van der Waals surface area contributed by atoms with Gasteiger partial charge in [0.05, 0.1) is 13.2 Å². The lowest BCUT2D eigenvalue weighted by atomic mass is 10.1. The van der Waals surface area contributed by atoms with Gasteiger partial charge in [-0.2, -0.15) is 0 Å². The molecule has 9 heteroatoms. The van der Waals surface area contributed by atoms with Gasteiger partial charge in [-0.1, -0.05) is 42.5 Å². The Labute approximate surface area is 190 Å². The van der Waals surface area contributed by atoms with Crippen LogP contribution >= 0.6 is 0 Å². The zero-order valence-corrected chi connectivity index (χ0v) is 17.9. The van der Waals surface area contributed by atoms with Crippen LogP contribution in [0.4, 0.5) is 9.18 Å². The fourth-order valence-corrected chi connectivity index (χ4v) is 3.99. The molecule has 1 saturated heterocycles. The van der Waals surface area contributed by atoms with Crippen molar-refractivity contribution in [2.24, 2.45) is 0 Å². The molecule has 0 spiro atoms. The Balaban J connectivity index is 1.56. The molecule has 2 aromatic rings. The lowest BCUT2D eigenvalue weighted by Crippen LogP contribution is -2.61. The Morgan fingerprint density at radius 2 is 1.85 bits per heavy atom. The van der Waals surface area contributed by atoms with Gasteiger partial charge in [-0.15, -0.1) is 0 Å². The molecule has 0 saturated carbocycles. The summed E-state index contributed by atoms with van der Waals surface area (Å²) in [6, 6.07) is 14.5. The molecular weight excluding hydrogens is 429 g/mol. The van der Waals surface area contributed by atoms with Crippen LogP contribution in [0.15, 0.2) is 66.6 Å². The van der Waals surface area contributed by atoms with E-state index in [2.05, 4.69) is 0 Å². The molecule has 0 aromatic heterocycles. The minimum absolute atomic E-state index is 0.0139. The number of carbonyl (C=O) groups is 3. The highest BCUT2D eigenvalue weighted by molar-refractivity contribution is 5.92. The van der Waals surface area contributed by atoms with Crippen molar-refractivity contribution in [2.75, 3.05) is 19.7 Å². The van der Waals surface area contributed by atoms with Crippen molar-refractivity contribution >= 4 is 17.9 Å². The number of rotatable bonds is 7. The second-order valence-corrected chi connectivity index (χ2v) is 7.86. The first kappa shape index (κ1) is 22.5. The summed E-state index contributed by atoms with van der Waals surface area (Å²) in [5, 5.41) is 9.64. The second kappa shape index (κ2) is 9.83. The molecule has 172 valence electrons. The minimum atomic E-state index is -1.21. The molecule has 4 rings (SSSR count). The number of amides is 3. The van der Waals surface area contributed by atoms with Gasteiger partial charge in [0.1, 0.15) is 17.7 Å². The van der Waals surface area contributed by atoms with E-state index in [-0.39, 0.29) is 56.2 Å². The van der Waals surface area contributed by atoms with Crippen LogP contribution in [-0.4, -0.2) is 63.5 Å². The largest absolute Gasteiger partial charge is 0.465 e. The molecule has 1 fully saturated rings. The van der Waals surface area contributed by atoms with Crippen molar-refractivity contribution in [3.05, 3.63) is 83.6 Å². The predicted octanol–water partition coefficient (Wildman–Crippen LogP) is 2.81. The number of hydrogen-bond donors (Lipinski definition) is 1. The van der Waals surface area contributed by atoms with Gasteiger partial charge in [0, 0.05) is 25.7 Å². The zero-order valence-electron chi connectivity index (χ0n) is 17.9. The number of benzene rings is 2. The maximum Gasteiger partial charge on any atom is 0.413 e. The Morgan fingerprint density at radius 1 is 1.09 bits per heavy atom. The van der Waals surface area contributed by atoms with Crippen LogP contribution in [0.3, 0.4) is 0 Å². The lowest BCUT2D eigenvalue weighted by molar-refractivity contribution is -0.151. The summed E-state index contributed by atoms with van der Waals surface area (Å²) < 4.78 is 19.3. The summed E-state index contributed by atoms with van der Waals surface area (Å²) in [6.45, 7) is 0.384. The van der Waals surface area contributed by atoms with Crippen LogP contribution < -0.4 is 0 Å². The quantitative estimate of drug-likeness (QED) is 0.696. The van der Waals surface area contributed by atoms with Crippen LogP contribution in [-0.2, 0) is 27.4 Å². The molecule has 33 heavy (non-hydrogen) atoms. The fourth-order valence-electron chi connectivity index (χ4n) is 3.99. The first-order chi connectivity index (χ1) is 15.9. The van der Waals surface area contributed by atoms with E-state index in [1.54, 1.807) is 12.1 Å². The highest BCUT2D eigenvalue weighted by Gasteiger charge is 2.44. The standard InChI is InChI=1S/C24H24FN3O5/c25-19-8-4-7-17(13-19)9-11-26-14-21-27(24(31)32)12-10-22(29)28(21)20(23(26)30)16-33-15-18-5-2-1-3-6-18/h1-8,13-14,20H,9-12,15-16H2,(H,31,32)/t20-/m0/s1. The molecular formula is C24H24FN3O5. The Kier molecular flexibility index (Phi) is 6.69. The molecule has 2 aromatic carbocycles. The fraction of sp³-hybridized carbons (Fsp3) is 0.292. The average Bonchev–Trinajstić information content (AvgIpc) is 2.80. The summed E-state index contributed by atoms with van der Waals surface area (Å²) in [5.74, 6) is -0.941. The number of fused-ring (bicyclic) bond motifs is 1. The van der Waals surface area contributed by atoms with Crippen molar-refractivity contribution in [1.82, 2.24) is 14.7 Å². The van der Waals surface area contributed by atoms with Gasteiger partial charge in [-0.05, 0) is 29.7 Å². The van der Waals surface area contributed by atoms with Gasteiger partial charge in [0.15, 0.2) is 0 Å². The van der Waals surface area contributed by atoms with E-state index >= 15 is 0 Å². The van der Waals surface area contributed by atoms with Gasteiger partial charge in [-0.3, -0.25) is 19.4 Å². The highest BCUT2D eigenvalue weighted by atomic mass is 19.1. The number of nitrogens with zero attached hydrogens (tertiary/aromatic N) is 3. The van der Waals surface area contributed by atoms with E-state index in [9.17, 15) is 23.9 Å². The smallest absolute Gasteiger partial charge is 0.413 e. The van der Waals surface area contributed by atoms with Gasteiger partial charge >= 0.3 is 6.09 Å². The van der Waals surface area contributed by atoms with Crippen molar-refractivity contribution in [3.8, 4) is 0 Å². The highest BCUT2D eigenvalue weighted by Crippen LogP contribution is 2.28. The molecule has 0 radical (unpaired) electrons. The Bertz CT molecular complexity index is 1070. The Hall–Kier alpha value is -3.72. The summed E-state index contributed by atoms with van der Waals surface area (Å²) >= 11 is 0. The summed E-state index contributed by atoms with van der Waals surface area (Å²) in [5.41, 5.74) is 1.62. The van der Waals surface area contributed by atoms with Gasteiger partial charge < -0.3 is 14.7 Å². The maximum absolute atomic E-state index is 13.5. The predicted molar refractivity (Wildman–Crippen MR) is 116 cm³/mol. The van der Waals surface area contributed by atoms with Crippen molar-refractivity contribution in [1.29, 1.82) is 0 Å². The van der Waals surface area contributed by atoms with E-state index in [0.717, 1.165) is 10.5 Å². The zero-order chi connectivity index (χ0) is 23.4. The van der Waals surface area contributed by atoms with Crippen LogP contribution in [0.1, 0.15) is 17.5 Å². The normalized spacial score (nSPS) is 18.3. The van der Waals surface area contributed by atoms with E-state index in [1.807, 2.05) is 30.3 Å². The second-order valence-electron chi connectivity index (χ2n) is 7.86. The Morgan fingerprint density at radius 3 is 2.58 bits per heavy atom. The third-order valence-corrected chi connectivity index (χ3v) is 5.64. The first-order valence-corrected chi connectivity index (χ1v) is 10.6. The topological polar surface area (TPSA) is 90.4 Å². The molecule has 0 aliphatic carbocycles. The van der Waals surface area contributed by atoms with Crippen molar-refractivity contribution in [3.63, 3.8) is 0 Å². The van der Waals surface area contributed by atoms with Gasteiger partial charge in [-0.25, -0.2) is 9.18 Å². The number of carboxylic acid groups (broad SMARTS) is 1. The number of ether oxygens (including phenoxy) is 1. The van der Waals surface area contributed by atoms with E-state index in [4.69, 9.17) is 4.74 Å². The minimum Gasteiger partial charge on any atom is -0.465 e. The van der Waals surface area contributed by atoms with Crippen LogP contribution in [0.2, 0.25) is 0 Å². The van der Waals surface area contributed by atoms with Crippen LogP contribution in [0.25, 0.3) is 0 Å². The molecule has 2 heterocycles. The molecule has 3 amide bonds. The molecule has 8 nitrogen and oxygen atoms in total. The SMILES string of the molecule is O=C1[C@H](COCc2ccccc2)N2C(=O)CCN(C(=O)O)C2=CN1CCc1cccc(F)c1. The average molecular weight is 453 g/mol. The van der Waals surface area contributed by atoms with E-state index < -0.39 is 12.1 Å². The monoisotopic (exact) mass is 453 g/mol. The maximum atomic E-state index is 13.5. The molecule has 1 atom stereocenters. The number of carbonyl (C=O) groups excluding carboxylic acids is 2. The van der Waals surface area contributed by atoms with E-state index in [1.165, 1.54) is 28.1 Å². The van der Waals surface area contributed by atoms with Crippen LogP contribution in [0, 0.1) is 5.82 Å². The van der Waals surface area contributed by atoms with Gasteiger partial charge in [0.2, 0.25) is 5.91 Å².